The lowest BCUT2D eigenvalue weighted by Gasteiger charge is -2.36. The van der Waals surface area contributed by atoms with Crippen molar-refractivity contribution in [3.8, 4) is 0 Å². The highest BCUT2D eigenvalue weighted by atomic mass is 35.5. The zero-order valence-electron chi connectivity index (χ0n) is 17.8. The molecule has 0 saturated carbocycles. The van der Waals surface area contributed by atoms with Gasteiger partial charge >= 0.3 is 0 Å². The largest absolute Gasteiger partial charge is 0.343 e. The minimum absolute atomic E-state index is 0.0230. The van der Waals surface area contributed by atoms with Gasteiger partial charge in [0.05, 0.1) is 26.6 Å². The van der Waals surface area contributed by atoms with Crippen molar-refractivity contribution in [3.05, 3.63) is 57.0 Å². The number of rotatable bonds is 8. The predicted octanol–water partition coefficient (Wildman–Crippen LogP) is 4.10. The van der Waals surface area contributed by atoms with Crippen LogP contribution >= 0.6 is 34.7 Å². The number of fused-ring (bicyclic) bond motifs is 1. The summed E-state index contributed by atoms with van der Waals surface area (Å²) in [5.41, 5.74) is -0.554. The molecule has 1 aromatic heterocycles. The number of carbonyl (C=O) groups is 1. The number of carbonyl (C=O) groups excluding carboxylic acids is 1. The molecule has 0 aliphatic heterocycles. The molecular formula is C22H23BCl3FN4O. The maximum Gasteiger partial charge on any atom is 0.244 e. The lowest BCUT2D eigenvalue weighted by atomic mass is 9.79. The number of amides is 1. The number of benzene rings is 1. The Morgan fingerprint density at radius 3 is 2.78 bits per heavy atom. The average molecular weight is 496 g/mol. The predicted molar refractivity (Wildman–Crippen MR) is 132 cm³/mol. The fourth-order valence-electron chi connectivity index (χ4n) is 3.68. The maximum atomic E-state index is 14.4. The molecule has 0 bridgehead atoms. The van der Waals surface area contributed by atoms with Gasteiger partial charge in [0.1, 0.15) is 18.0 Å². The van der Waals surface area contributed by atoms with E-state index in [1.54, 1.807) is 6.08 Å². The first kappa shape index (κ1) is 24.6. The molecule has 32 heavy (non-hydrogen) atoms. The first-order valence-corrected chi connectivity index (χ1v) is 11.6. The normalized spacial score (nSPS) is 19.6. The maximum absolute atomic E-state index is 14.4. The molecule has 1 aromatic carbocycles. The van der Waals surface area contributed by atoms with Crippen molar-refractivity contribution >= 4 is 70.9 Å². The summed E-state index contributed by atoms with van der Waals surface area (Å²) in [6, 6.07) is 2.55. The second kappa shape index (κ2) is 10.7. The van der Waals surface area contributed by atoms with Crippen LogP contribution in [0.25, 0.3) is 12.2 Å². The highest BCUT2D eigenvalue weighted by molar-refractivity contribution is 6.93. The molecule has 10 heteroatoms. The van der Waals surface area contributed by atoms with E-state index >= 15 is 0 Å². The van der Waals surface area contributed by atoms with Crippen molar-refractivity contribution in [2.24, 2.45) is 5.92 Å². The summed E-state index contributed by atoms with van der Waals surface area (Å²) < 4.78 is 14.4. The van der Waals surface area contributed by atoms with E-state index in [-0.39, 0.29) is 27.6 Å². The first-order valence-electron chi connectivity index (χ1n) is 10.3. The number of nitrogens with zero attached hydrogens (tertiary/aromatic N) is 2. The minimum atomic E-state index is -0.692. The van der Waals surface area contributed by atoms with Crippen LogP contribution in [0.4, 0.5) is 15.9 Å². The smallest absolute Gasteiger partial charge is 0.244 e. The molecule has 2 N–H and O–H groups in total. The molecule has 1 aliphatic rings. The van der Waals surface area contributed by atoms with Crippen LogP contribution in [0.3, 0.4) is 0 Å². The number of aromatic nitrogens is 2. The molecule has 0 fully saturated rings. The molecule has 2 unspecified atom stereocenters. The van der Waals surface area contributed by atoms with Gasteiger partial charge in [0.15, 0.2) is 0 Å². The summed E-state index contributed by atoms with van der Waals surface area (Å²) in [6.07, 6.45) is 11.0. The van der Waals surface area contributed by atoms with Gasteiger partial charge < -0.3 is 10.6 Å². The Balaban J connectivity index is 2.04. The van der Waals surface area contributed by atoms with E-state index in [2.05, 4.69) is 27.5 Å². The van der Waals surface area contributed by atoms with Gasteiger partial charge in [-0.25, -0.2) is 25.8 Å². The lowest BCUT2D eigenvalue weighted by Crippen LogP contribution is -2.54. The zero-order chi connectivity index (χ0) is 23.3. The van der Waals surface area contributed by atoms with Crippen molar-refractivity contribution in [2.75, 3.05) is 5.32 Å². The Labute approximate surface area is 201 Å². The highest BCUT2D eigenvalue weighted by Gasteiger charge is 2.34. The molecule has 5 nitrogen and oxygen atoms in total. The summed E-state index contributed by atoms with van der Waals surface area (Å²) in [5, 5.41) is 7.81. The van der Waals surface area contributed by atoms with Gasteiger partial charge in [-0.15, -0.1) is 0 Å². The highest BCUT2D eigenvalue weighted by Crippen LogP contribution is 2.30. The summed E-state index contributed by atoms with van der Waals surface area (Å²) in [7, 11) is 0. The number of hydrogen-bond acceptors (Lipinski definition) is 4. The number of hydrogen-bond donors (Lipinski definition) is 2. The SMILES string of the molecule is CCCC1C=c2ncnc(Nc3cc(Cl)c(Cl)cc3F)c2=CC1(C)NC(=O)/C=C/CBCl. The van der Waals surface area contributed by atoms with Crippen molar-refractivity contribution < 1.29 is 9.18 Å². The third-order valence-electron chi connectivity index (χ3n) is 5.29. The summed E-state index contributed by atoms with van der Waals surface area (Å²) in [4.78, 5) is 21.2. The molecule has 3 rings (SSSR count). The number of nitrogens with one attached hydrogen (secondary N) is 2. The average Bonchev–Trinajstić information content (AvgIpc) is 2.73. The van der Waals surface area contributed by atoms with Crippen molar-refractivity contribution in [2.45, 2.75) is 38.5 Å². The standard InChI is InChI=1S/C22H23BCl3FN4O/c1-3-5-13-8-18-14(11-22(13,2)31-20(32)6-4-7-23-26)21(29-12-28-18)30-19-10-16(25)15(24)9-17(19)27/h4,6,8-13,23H,3,5,7H2,1-2H3,(H,31,32)(H,28,29,30)/b6-4+. The van der Waals surface area contributed by atoms with Crippen molar-refractivity contribution in [1.29, 1.82) is 0 Å². The molecule has 0 spiro atoms. The van der Waals surface area contributed by atoms with E-state index in [1.165, 1.54) is 18.5 Å². The number of anilines is 2. The Morgan fingerprint density at radius 2 is 2.06 bits per heavy atom. The van der Waals surface area contributed by atoms with Crippen LogP contribution in [0.5, 0.6) is 0 Å². The third kappa shape index (κ3) is 5.63. The van der Waals surface area contributed by atoms with Crippen LogP contribution in [-0.2, 0) is 4.79 Å². The van der Waals surface area contributed by atoms with Crippen LogP contribution in [-0.4, -0.2) is 28.1 Å². The Morgan fingerprint density at radius 1 is 1.31 bits per heavy atom. The monoisotopic (exact) mass is 494 g/mol. The van der Waals surface area contributed by atoms with Crippen LogP contribution < -0.4 is 21.2 Å². The molecule has 1 heterocycles. The van der Waals surface area contributed by atoms with Crippen molar-refractivity contribution in [3.63, 3.8) is 0 Å². The van der Waals surface area contributed by atoms with Crippen LogP contribution in [0, 0.1) is 11.7 Å². The van der Waals surface area contributed by atoms with Gasteiger partial charge in [-0.1, -0.05) is 48.7 Å². The van der Waals surface area contributed by atoms with Crippen LogP contribution in [0.2, 0.25) is 16.4 Å². The van der Waals surface area contributed by atoms with Gasteiger partial charge in [-0.3, -0.25) is 4.79 Å². The molecule has 1 amide bonds. The molecule has 168 valence electrons. The Kier molecular flexibility index (Phi) is 8.20. The Hall–Kier alpha value is -2.09. The third-order valence-corrected chi connectivity index (χ3v) is 6.23. The van der Waals surface area contributed by atoms with Gasteiger partial charge in [0, 0.05) is 11.1 Å². The first-order chi connectivity index (χ1) is 15.3. The van der Waals surface area contributed by atoms with E-state index in [0.717, 1.165) is 18.9 Å². The van der Waals surface area contributed by atoms with E-state index in [9.17, 15) is 9.18 Å². The quantitative estimate of drug-likeness (QED) is 0.329. The van der Waals surface area contributed by atoms with Gasteiger partial charge in [0.25, 0.3) is 0 Å². The summed E-state index contributed by atoms with van der Waals surface area (Å²) in [6.45, 7) is 4.49. The van der Waals surface area contributed by atoms with Gasteiger partial charge in [0.2, 0.25) is 12.6 Å². The molecule has 0 saturated heterocycles. The van der Waals surface area contributed by atoms with Crippen LogP contribution in [0.1, 0.15) is 26.7 Å². The van der Waals surface area contributed by atoms with Crippen molar-refractivity contribution in [1.82, 2.24) is 15.3 Å². The Bertz CT molecular complexity index is 1160. The van der Waals surface area contributed by atoms with E-state index in [1.807, 2.05) is 19.1 Å². The van der Waals surface area contributed by atoms with E-state index in [0.29, 0.717) is 29.4 Å². The molecule has 1 aliphatic carbocycles. The second-order valence-corrected chi connectivity index (χ2v) is 8.94. The topological polar surface area (TPSA) is 66.9 Å². The number of allylic oxidation sites excluding steroid dienone is 1. The zero-order valence-corrected chi connectivity index (χ0v) is 20.0. The van der Waals surface area contributed by atoms with Crippen LogP contribution in [0.15, 0.2) is 30.6 Å². The van der Waals surface area contributed by atoms with E-state index in [4.69, 9.17) is 34.7 Å². The minimum Gasteiger partial charge on any atom is -0.343 e. The summed E-state index contributed by atoms with van der Waals surface area (Å²) >= 11 is 17.6. The fraction of sp³-hybridized carbons (Fsp3) is 0.318. The molecular weight excluding hydrogens is 472 g/mol. The lowest BCUT2D eigenvalue weighted by molar-refractivity contribution is -0.117. The van der Waals surface area contributed by atoms with Gasteiger partial charge in [-0.05, 0) is 43.9 Å². The molecule has 2 atom stereocenters. The second-order valence-electron chi connectivity index (χ2n) is 7.75. The summed E-state index contributed by atoms with van der Waals surface area (Å²) in [5.74, 6) is -0.351. The molecule has 0 radical (unpaired) electrons. The fourth-order valence-corrected chi connectivity index (χ4v) is 4.12. The number of halogens is 4. The molecule has 2 aromatic rings. The van der Waals surface area contributed by atoms with Gasteiger partial charge in [-0.2, -0.15) is 0 Å². The van der Waals surface area contributed by atoms with E-state index < -0.39 is 11.4 Å².